The average molecular weight is 227 g/mol. The Bertz CT molecular complexity index is 374. The third-order valence-corrected chi connectivity index (χ3v) is 3.21. The van der Waals surface area contributed by atoms with Crippen LogP contribution >= 0.6 is 11.6 Å². The molecule has 0 spiro atoms. The van der Waals surface area contributed by atoms with E-state index >= 15 is 0 Å². The Balaban J connectivity index is 2.49. The molecule has 0 radical (unpaired) electrons. The first-order valence-corrected chi connectivity index (χ1v) is 5.66. The summed E-state index contributed by atoms with van der Waals surface area (Å²) in [5, 5.41) is 9.64. The monoisotopic (exact) mass is 226 g/mol. The molecule has 1 aliphatic heterocycles. The molecule has 0 unspecified atom stereocenters. The van der Waals surface area contributed by atoms with Gasteiger partial charge < -0.3 is 9.84 Å². The van der Waals surface area contributed by atoms with Crippen molar-refractivity contribution in [2.75, 3.05) is 13.2 Å². The van der Waals surface area contributed by atoms with E-state index < -0.39 is 0 Å². The van der Waals surface area contributed by atoms with Gasteiger partial charge in [0, 0.05) is 6.61 Å². The van der Waals surface area contributed by atoms with Gasteiger partial charge in [-0.2, -0.15) is 0 Å². The van der Waals surface area contributed by atoms with Crippen LogP contribution < -0.4 is 4.74 Å². The molecule has 2 rings (SSSR count). The fourth-order valence-electron chi connectivity index (χ4n) is 2.10. The number of hydrogen-bond donors (Lipinski definition) is 1. The van der Waals surface area contributed by atoms with Crippen LogP contribution in [0.2, 0.25) is 5.02 Å². The minimum absolute atomic E-state index is 0.164. The molecule has 0 atom stereocenters. The summed E-state index contributed by atoms with van der Waals surface area (Å²) in [7, 11) is 0. The van der Waals surface area contributed by atoms with Gasteiger partial charge in [0.25, 0.3) is 0 Å². The van der Waals surface area contributed by atoms with E-state index in [1.54, 1.807) is 0 Å². The molecular weight excluding hydrogens is 212 g/mol. The number of aliphatic hydroxyl groups excluding tert-OH is 1. The number of benzene rings is 1. The van der Waals surface area contributed by atoms with E-state index in [1.165, 1.54) is 11.1 Å². The highest BCUT2D eigenvalue weighted by Gasteiger charge is 2.18. The average Bonchev–Trinajstić information content (AvgIpc) is 2.26. The Morgan fingerprint density at radius 2 is 2.33 bits per heavy atom. The van der Waals surface area contributed by atoms with Gasteiger partial charge in [0.15, 0.2) is 0 Å². The summed E-state index contributed by atoms with van der Waals surface area (Å²) in [6, 6.07) is 1.91. The molecule has 0 amide bonds. The van der Waals surface area contributed by atoms with Gasteiger partial charge in [0.2, 0.25) is 0 Å². The SMILES string of the molecule is Cc1c(CCO)cc(Cl)c2c1CCCO2. The van der Waals surface area contributed by atoms with Crippen molar-refractivity contribution in [1.29, 1.82) is 0 Å². The predicted molar refractivity (Wildman–Crippen MR) is 60.8 cm³/mol. The maximum absolute atomic E-state index is 8.96. The van der Waals surface area contributed by atoms with Gasteiger partial charge in [0.1, 0.15) is 5.75 Å². The molecule has 3 heteroatoms. The summed E-state index contributed by atoms with van der Waals surface area (Å²) in [5.74, 6) is 0.849. The topological polar surface area (TPSA) is 29.5 Å². The zero-order valence-corrected chi connectivity index (χ0v) is 9.60. The molecule has 1 aromatic carbocycles. The fourth-order valence-corrected chi connectivity index (χ4v) is 2.40. The molecule has 0 aromatic heterocycles. The van der Waals surface area contributed by atoms with Crippen LogP contribution in [0.3, 0.4) is 0 Å². The highest BCUT2D eigenvalue weighted by atomic mass is 35.5. The number of fused-ring (bicyclic) bond motifs is 1. The molecule has 0 aliphatic carbocycles. The van der Waals surface area contributed by atoms with Gasteiger partial charge in [0.05, 0.1) is 11.6 Å². The van der Waals surface area contributed by atoms with E-state index in [4.69, 9.17) is 21.4 Å². The Morgan fingerprint density at radius 1 is 1.53 bits per heavy atom. The second-order valence-corrected chi connectivity index (χ2v) is 4.28. The molecule has 0 bridgehead atoms. The lowest BCUT2D eigenvalue weighted by Crippen LogP contribution is -2.12. The second kappa shape index (κ2) is 4.42. The zero-order chi connectivity index (χ0) is 10.8. The van der Waals surface area contributed by atoms with Crippen LogP contribution in [0.5, 0.6) is 5.75 Å². The van der Waals surface area contributed by atoms with Crippen LogP contribution in [0.1, 0.15) is 23.1 Å². The van der Waals surface area contributed by atoms with Gasteiger partial charge in [-0.25, -0.2) is 0 Å². The molecule has 1 aromatic rings. The third-order valence-electron chi connectivity index (χ3n) is 2.92. The molecule has 1 N–H and O–H groups in total. The number of rotatable bonds is 2. The van der Waals surface area contributed by atoms with Gasteiger partial charge in [-0.3, -0.25) is 0 Å². The first kappa shape index (κ1) is 10.8. The summed E-state index contributed by atoms with van der Waals surface area (Å²) < 4.78 is 5.57. The maximum Gasteiger partial charge on any atom is 0.141 e. The molecule has 0 fully saturated rings. The van der Waals surface area contributed by atoms with Gasteiger partial charge in [-0.1, -0.05) is 11.6 Å². The molecular formula is C12H15ClO2. The minimum Gasteiger partial charge on any atom is -0.492 e. The van der Waals surface area contributed by atoms with E-state index in [0.29, 0.717) is 11.4 Å². The quantitative estimate of drug-likeness (QED) is 0.840. The predicted octanol–water partition coefficient (Wildman–Crippen LogP) is 2.51. The molecule has 1 heterocycles. The van der Waals surface area contributed by atoms with Crippen molar-refractivity contribution < 1.29 is 9.84 Å². The number of ether oxygens (including phenoxy) is 1. The summed E-state index contributed by atoms with van der Waals surface area (Å²) in [4.78, 5) is 0. The van der Waals surface area contributed by atoms with Crippen molar-refractivity contribution in [2.45, 2.75) is 26.2 Å². The Kier molecular flexibility index (Phi) is 3.17. The summed E-state index contributed by atoms with van der Waals surface area (Å²) in [6.07, 6.45) is 2.74. The Labute approximate surface area is 94.8 Å². The van der Waals surface area contributed by atoms with Gasteiger partial charge in [-0.15, -0.1) is 0 Å². The van der Waals surface area contributed by atoms with E-state index in [0.717, 1.165) is 30.8 Å². The lowest BCUT2D eigenvalue weighted by Gasteiger charge is -2.22. The van der Waals surface area contributed by atoms with Crippen molar-refractivity contribution in [3.05, 3.63) is 27.8 Å². The largest absolute Gasteiger partial charge is 0.492 e. The van der Waals surface area contributed by atoms with Crippen molar-refractivity contribution in [1.82, 2.24) is 0 Å². The maximum atomic E-state index is 8.96. The second-order valence-electron chi connectivity index (χ2n) is 3.88. The zero-order valence-electron chi connectivity index (χ0n) is 8.85. The molecule has 0 saturated heterocycles. The summed E-state index contributed by atoms with van der Waals surface area (Å²) in [6.45, 7) is 3.00. The Hall–Kier alpha value is -0.730. The van der Waals surface area contributed by atoms with Crippen LogP contribution in [0.4, 0.5) is 0 Å². The highest BCUT2D eigenvalue weighted by molar-refractivity contribution is 6.32. The standard InChI is InChI=1S/C12H15ClO2/c1-8-9(4-5-14)7-11(13)12-10(8)3-2-6-15-12/h7,14H,2-6H2,1H3. The van der Waals surface area contributed by atoms with Crippen molar-refractivity contribution in [3.8, 4) is 5.75 Å². The number of halogens is 1. The highest BCUT2D eigenvalue weighted by Crippen LogP contribution is 2.36. The van der Waals surface area contributed by atoms with Crippen molar-refractivity contribution in [3.63, 3.8) is 0 Å². The first-order chi connectivity index (χ1) is 7.24. The molecule has 1 aliphatic rings. The molecule has 82 valence electrons. The third kappa shape index (κ3) is 1.97. The van der Waals surface area contributed by atoms with Crippen LogP contribution in [-0.4, -0.2) is 18.3 Å². The van der Waals surface area contributed by atoms with E-state index in [2.05, 4.69) is 6.92 Å². The van der Waals surface area contributed by atoms with Crippen molar-refractivity contribution in [2.24, 2.45) is 0 Å². The number of hydrogen-bond acceptors (Lipinski definition) is 2. The van der Waals surface area contributed by atoms with Gasteiger partial charge in [-0.05, 0) is 48.9 Å². The summed E-state index contributed by atoms with van der Waals surface area (Å²) in [5.41, 5.74) is 3.58. The fraction of sp³-hybridized carbons (Fsp3) is 0.500. The van der Waals surface area contributed by atoms with Gasteiger partial charge >= 0.3 is 0 Å². The van der Waals surface area contributed by atoms with Crippen LogP contribution in [-0.2, 0) is 12.8 Å². The van der Waals surface area contributed by atoms with Crippen molar-refractivity contribution >= 4 is 11.6 Å². The van der Waals surface area contributed by atoms with Crippen LogP contribution in [0.25, 0.3) is 0 Å². The molecule has 2 nitrogen and oxygen atoms in total. The molecule has 0 saturated carbocycles. The lowest BCUT2D eigenvalue weighted by atomic mass is 9.95. The normalized spacial score (nSPS) is 14.6. The van der Waals surface area contributed by atoms with E-state index in [9.17, 15) is 0 Å². The van der Waals surface area contributed by atoms with Crippen LogP contribution in [0, 0.1) is 6.92 Å². The van der Waals surface area contributed by atoms with E-state index in [-0.39, 0.29) is 6.61 Å². The summed E-state index contributed by atoms with van der Waals surface area (Å²) >= 11 is 6.15. The Morgan fingerprint density at radius 3 is 3.07 bits per heavy atom. The lowest BCUT2D eigenvalue weighted by molar-refractivity contribution is 0.286. The van der Waals surface area contributed by atoms with E-state index in [1.807, 2.05) is 6.07 Å². The smallest absolute Gasteiger partial charge is 0.141 e. The minimum atomic E-state index is 0.164. The first-order valence-electron chi connectivity index (χ1n) is 5.28. The molecule has 15 heavy (non-hydrogen) atoms. The van der Waals surface area contributed by atoms with Crippen LogP contribution in [0.15, 0.2) is 6.07 Å². The number of aliphatic hydroxyl groups is 1.